The third kappa shape index (κ3) is 5.75. The lowest BCUT2D eigenvalue weighted by Crippen LogP contribution is -2.48. The van der Waals surface area contributed by atoms with Crippen molar-refractivity contribution in [1.29, 1.82) is 0 Å². The van der Waals surface area contributed by atoms with Gasteiger partial charge in [0.05, 0.1) is 19.3 Å². The minimum atomic E-state index is -0.797. The topological polar surface area (TPSA) is 53.0 Å². The summed E-state index contributed by atoms with van der Waals surface area (Å²) in [4.78, 5) is 14.9. The van der Waals surface area contributed by atoms with Crippen molar-refractivity contribution in [2.45, 2.75) is 19.4 Å². The summed E-state index contributed by atoms with van der Waals surface area (Å²) < 4.78 is 5.76. The number of hydrogen-bond donors (Lipinski definition) is 1. The monoisotopic (exact) mass is 306 g/mol. The predicted octanol–water partition coefficient (Wildman–Crippen LogP) is 1.25. The number of likely N-dealkylation sites (N-methyl/N-ethyl adjacent to an activating group) is 1. The van der Waals surface area contributed by atoms with Crippen molar-refractivity contribution in [3.63, 3.8) is 0 Å². The number of ether oxygens (including phenoxy) is 1. The Labute approximate surface area is 132 Å². The van der Waals surface area contributed by atoms with Gasteiger partial charge in [-0.25, -0.2) is 0 Å². The molecule has 1 aromatic rings. The molecule has 1 aliphatic rings. The lowest BCUT2D eigenvalue weighted by Gasteiger charge is -2.34. The number of aliphatic carboxylic acids is 1. The van der Waals surface area contributed by atoms with E-state index in [1.54, 1.807) is 4.90 Å². The number of rotatable bonds is 7. The molecule has 0 saturated carbocycles. The summed E-state index contributed by atoms with van der Waals surface area (Å²) in [6, 6.07) is 8.63. The smallest absolute Gasteiger partial charge is 0.317 e. The minimum absolute atomic E-state index is 0.0587. The van der Waals surface area contributed by atoms with E-state index in [0.717, 1.165) is 32.7 Å². The van der Waals surface area contributed by atoms with Crippen LogP contribution in [-0.4, -0.2) is 73.4 Å². The van der Waals surface area contributed by atoms with Gasteiger partial charge in [0.2, 0.25) is 0 Å². The molecule has 122 valence electrons. The van der Waals surface area contributed by atoms with Crippen molar-refractivity contribution in [1.82, 2.24) is 9.80 Å². The van der Waals surface area contributed by atoms with Gasteiger partial charge in [-0.2, -0.15) is 0 Å². The van der Waals surface area contributed by atoms with Crippen molar-refractivity contribution in [2.75, 3.05) is 46.4 Å². The van der Waals surface area contributed by atoms with E-state index >= 15 is 0 Å². The fourth-order valence-corrected chi connectivity index (χ4v) is 2.89. The van der Waals surface area contributed by atoms with Crippen LogP contribution in [0.4, 0.5) is 0 Å². The van der Waals surface area contributed by atoms with Gasteiger partial charge in [-0.05, 0) is 26.0 Å². The number of aryl methyl sites for hydroxylation is 1. The first-order valence-corrected chi connectivity index (χ1v) is 7.83. The molecule has 2 rings (SSSR count). The Morgan fingerprint density at radius 2 is 2.32 bits per heavy atom. The number of nitrogens with zero attached hydrogens (tertiary/aromatic N) is 2. The molecule has 1 fully saturated rings. The quantitative estimate of drug-likeness (QED) is 0.822. The second-order valence-corrected chi connectivity index (χ2v) is 6.12. The molecule has 0 aliphatic carbocycles. The normalized spacial score (nSPS) is 19.5. The van der Waals surface area contributed by atoms with Crippen LogP contribution in [0.25, 0.3) is 0 Å². The molecule has 1 aromatic carbocycles. The van der Waals surface area contributed by atoms with E-state index in [1.807, 2.05) is 7.05 Å². The third-order valence-corrected chi connectivity index (χ3v) is 3.94. The van der Waals surface area contributed by atoms with Crippen molar-refractivity contribution >= 4 is 5.97 Å². The molecule has 1 atom stereocenters. The Bertz CT molecular complexity index is 493. The average molecular weight is 306 g/mol. The highest BCUT2D eigenvalue weighted by Crippen LogP contribution is 2.10. The van der Waals surface area contributed by atoms with E-state index in [2.05, 4.69) is 36.1 Å². The van der Waals surface area contributed by atoms with Crippen LogP contribution in [0.1, 0.15) is 11.1 Å². The standard InChI is InChI=1S/C17H26N2O3/c1-14-4-3-5-15(10-14)6-7-19-8-9-22-16(12-19)11-18(2)13-17(20)21/h3-5,10,16H,6-9,11-13H2,1-2H3,(H,20,21). The van der Waals surface area contributed by atoms with Gasteiger partial charge in [0, 0.05) is 26.2 Å². The number of benzene rings is 1. The molecule has 1 N–H and O–H groups in total. The van der Waals surface area contributed by atoms with Gasteiger partial charge in [-0.15, -0.1) is 0 Å². The molecule has 1 aliphatic heterocycles. The summed E-state index contributed by atoms with van der Waals surface area (Å²) in [5.41, 5.74) is 2.67. The van der Waals surface area contributed by atoms with Crippen LogP contribution in [0.3, 0.4) is 0 Å². The molecule has 5 heteroatoms. The van der Waals surface area contributed by atoms with Crippen LogP contribution in [0, 0.1) is 6.92 Å². The van der Waals surface area contributed by atoms with E-state index in [9.17, 15) is 4.79 Å². The lowest BCUT2D eigenvalue weighted by atomic mass is 10.1. The molecule has 1 saturated heterocycles. The summed E-state index contributed by atoms with van der Waals surface area (Å²) in [5.74, 6) is -0.797. The Balaban J connectivity index is 1.77. The highest BCUT2D eigenvalue weighted by Gasteiger charge is 2.22. The Kier molecular flexibility index (Phi) is 6.36. The zero-order chi connectivity index (χ0) is 15.9. The summed E-state index contributed by atoms with van der Waals surface area (Å²) in [5, 5.41) is 8.81. The second kappa shape index (κ2) is 8.27. The summed E-state index contributed by atoms with van der Waals surface area (Å²) in [6.45, 7) is 6.40. The Hall–Kier alpha value is -1.43. The summed E-state index contributed by atoms with van der Waals surface area (Å²) in [7, 11) is 1.82. The number of morpholine rings is 1. The molecule has 1 heterocycles. The largest absolute Gasteiger partial charge is 0.480 e. The number of carbonyl (C=O) groups is 1. The third-order valence-electron chi connectivity index (χ3n) is 3.94. The highest BCUT2D eigenvalue weighted by molar-refractivity contribution is 5.69. The van der Waals surface area contributed by atoms with Gasteiger partial charge in [-0.3, -0.25) is 14.6 Å². The fraction of sp³-hybridized carbons (Fsp3) is 0.588. The van der Waals surface area contributed by atoms with Crippen molar-refractivity contribution in [3.8, 4) is 0 Å². The number of hydrogen-bond acceptors (Lipinski definition) is 4. The maximum Gasteiger partial charge on any atom is 0.317 e. The predicted molar refractivity (Wildman–Crippen MR) is 86.2 cm³/mol. The molecule has 5 nitrogen and oxygen atoms in total. The molecule has 1 unspecified atom stereocenters. The van der Waals surface area contributed by atoms with E-state index in [1.165, 1.54) is 11.1 Å². The molecule has 0 aromatic heterocycles. The maximum absolute atomic E-state index is 10.7. The Morgan fingerprint density at radius 1 is 1.50 bits per heavy atom. The van der Waals surface area contributed by atoms with Crippen LogP contribution in [0.2, 0.25) is 0 Å². The van der Waals surface area contributed by atoms with Crippen molar-refractivity contribution in [3.05, 3.63) is 35.4 Å². The molecule has 0 bridgehead atoms. The van der Waals surface area contributed by atoms with Crippen LogP contribution < -0.4 is 0 Å². The molecule has 0 radical (unpaired) electrons. The first-order valence-electron chi connectivity index (χ1n) is 7.83. The maximum atomic E-state index is 10.7. The van der Waals surface area contributed by atoms with Crippen LogP contribution >= 0.6 is 0 Å². The fourth-order valence-electron chi connectivity index (χ4n) is 2.89. The van der Waals surface area contributed by atoms with E-state index in [0.29, 0.717) is 6.54 Å². The molecular formula is C17H26N2O3. The second-order valence-electron chi connectivity index (χ2n) is 6.12. The zero-order valence-corrected chi connectivity index (χ0v) is 13.5. The molecule has 22 heavy (non-hydrogen) atoms. The van der Waals surface area contributed by atoms with Gasteiger partial charge in [0.1, 0.15) is 0 Å². The van der Waals surface area contributed by atoms with Gasteiger partial charge >= 0.3 is 5.97 Å². The van der Waals surface area contributed by atoms with Gasteiger partial charge in [0.15, 0.2) is 0 Å². The first-order chi connectivity index (χ1) is 10.5. The zero-order valence-electron chi connectivity index (χ0n) is 13.5. The molecule has 0 amide bonds. The first kappa shape index (κ1) is 16.9. The van der Waals surface area contributed by atoms with Crippen LogP contribution in [-0.2, 0) is 16.0 Å². The van der Waals surface area contributed by atoms with E-state index < -0.39 is 5.97 Å². The molecule has 0 spiro atoms. The van der Waals surface area contributed by atoms with Crippen LogP contribution in [0.15, 0.2) is 24.3 Å². The number of carboxylic acids is 1. The Morgan fingerprint density at radius 3 is 3.05 bits per heavy atom. The van der Waals surface area contributed by atoms with E-state index in [-0.39, 0.29) is 12.6 Å². The average Bonchev–Trinajstić information content (AvgIpc) is 2.44. The van der Waals surface area contributed by atoms with Gasteiger partial charge < -0.3 is 9.84 Å². The highest BCUT2D eigenvalue weighted by atomic mass is 16.5. The van der Waals surface area contributed by atoms with Crippen molar-refractivity contribution in [2.24, 2.45) is 0 Å². The van der Waals surface area contributed by atoms with Gasteiger partial charge in [0.25, 0.3) is 0 Å². The lowest BCUT2D eigenvalue weighted by molar-refractivity contribution is -0.138. The van der Waals surface area contributed by atoms with E-state index in [4.69, 9.17) is 9.84 Å². The summed E-state index contributed by atoms with van der Waals surface area (Å²) >= 11 is 0. The van der Waals surface area contributed by atoms with Gasteiger partial charge in [-0.1, -0.05) is 29.8 Å². The SMILES string of the molecule is Cc1cccc(CCN2CCOC(CN(C)CC(=O)O)C2)c1. The molecular weight excluding hydrogens is 280 g/mol. The number of carboxylic acid groups (broad SMARTS) is 1. The van der Waals surface area contributed by atoms with Crippen molar-refractivity contribution < 1.29 is 14.6 Å². The minimum Gasteiger partial charge on any atom is -0.480 e. The summed E-state index contributed by atoms with van der Waals surface area (Å²) in [6.07, 6.45) is 1.13. The van der Waals surface area contributed by atoms with Crippen LogP contribution in [0.5, 0.6) is 0 Å².